The Morgan fingerprint density at radius 2 is 2.10 bits per heavy atom. The standard InChI is InChI=1S/C12H13N3O4S/c1-8-3-4-9(5-11(8)12(16)17)14-20(18,19)10-6-13-15(2)7-10/h3-7,14H,1-2H3,(H,16,17). The van der Waals surface area contributed by atoms with E-state index in [1.54, 1.807) is 20.0 Å². The van der Waals surface area contributed by atoms with Gasteiger partial charge in [-0.3, -0.25) is 9.40 Å². The Kier molecular flexibility index (Phi) is 3.49. The number of aromatic nitrogens is 2. The Labute approximate surface area is 115 Å². The van der Waals surface area contributed by atoms with Gasteiger partial charge in [-0.25, -0.2) is 13.2 Å². The molecule has 1 aromatic carbocycles. The van der Waals surface area contributed by atoms with Crippen LogP contribution in [0.25, 0.3) is 0 Å². The minimum absolute atomic E-state index is 0.0115. The molecule has 0 aliphatic carbocycles. The Morgan fingerprint density at radius 3 is 2.65 bits per heavy atom. The van der Waals surface area contributed by atoms with Crippen LogP contribution in [0.2, 0.25) is 0 Å². The molecule has 0 saturated heterocycles. The largest absolute Gasteiger partial charge is 0.478 e. The average molecular weight is 295 g/mol. The van der Waals surface area contributed by atoms with Crippen LogP contribution in [0, 0.1) is 6.92 Å². The van der Waals surface area contributed by atoms with Crippen LogP contribution in [0.5, 0.6) is 0 Å². The van der Waals surface area contributed by atoms with Crippen LogP contribution in [0.4, 0.5) is 5.69 Å². The number of hydrogen-bond donors (Lipinski definition) is 2. The number of hydrogen-bond acceptors (Lipinski definition) is 4. The maximum absolute atomic E-state index is 12.1. The molecule has 0 fully saturated rings. The van der Waals surface area contributed by atoms with Gasteiger partial charge in [-0.2, -0.15) is 5.10 Å². The van der Waals surface area contributed by atoms with E-state index in [0.717, 1.165) is 0 Å². The summed E-state index contributed by atoms with van der Waals surface area (Å²) in [6.07, 6.45) is 2.57. The van der Waals surface area contributed by atoms with E-state index >= 15 is 0 Å². The molecule has 0 atom stereocenters. The number of benzene rings is 1. The molecule has 0 aliphatic heterocycles. The van der Waals surface area contributed by atoms with Crippen LogP contribution >= 0.6 is 0 Å². The van der Waals surface area contributed by atoms with Gasteiger partial charge in [0, 0.05) is 18.9 Å². The molecular formula is C12H13N3O4S. The van der Waals surface area contributed by atoms with Crippen molar-refractivity contribution in [2.24, 2.45) is 7.05 Å². The van der Waals surface area contributed by atoms with Gasteiger partial charge in [-0.15, -0.1) is 0 Å². The lowest BCUT2D eigenvalue weighted by molar-refractivity contribution is 0.0696. The third-order valence-corrected chi connectivity index (χ3v) is 4.05. The molecule has 0 spiro atoms. The molecule has 0 aliphatic rings. The summed E-state index contributed by atoms with van der Waals surface area (Å²) in [7, 11) is -2.17. The third-order valence-electron chi connectivity index (χ3n) is 2.71. The normalized spacial score (nSPS) is 11.3. The molecule has 0 radical (unpaired) electrons. The minimum Gasteiger partial charge on any atom is -0.478 e. The van der Waals surface area contributed by atoms with E-state index in [2.05, 4.69) is 9.82 Å². The molecule has 2 rings (SSSR count). The molecule has 2 N–H and O–H groups in total. The Bertz CT molecular complexity index is 765. The number of carbonyl (C=O) groups is 1. The van der Waals surface area contributed by atoms with Gasteiger partial charge in [0.15, 0.2) is 0 Å². The molecule has 8 heteroatoms. The van der Waals surface area contributed by atoms with Gasteiger partial charge in [0.25, 0.3) is 10.0 Å². The molecular weight excluding hydrogens is 282 g/mol. The van der Waals surface area contributed by atoms with Crippen molar-refractivity contribution in [2.75, 3.05) is 4.72 Å². The lowest BCUT2D eigenvalue weighted by Gasteiger charge is -2.08. The number of carboxylic acids is 1. The van der Waals surface area contributed by atoms with E-state index in [1.165, 1.54) is 29.2 Å². The van der Waals surface area contributed by atoms with Gasteiger partial charge in [0.2, 0.25) is 0 Å². The van der Waals surface area contributed by atoms with Gasteiger partial charge in [-0.1, -0.05) is 6.07 Å². The maximum Gasteiger partial charge on any atom is 0.336 e. The lowest BCUT2D eigenvalue weighted by atomic mass is 10.1. The van der Waals surface area contributed by atoms with E-state index in [-0.39, 0.29) is 16.1 Å². The summed E-state index contributed by atoms with van der Waals surface area (Å²) in [4.78, 5) is 11.0. The summed E-state index contributed by atoms with van der Waals surface area (Å²) in [6, 6.07) is 4.34. The number of nitrogens with zero attached hydrogens (tertiary/aromatic N) is 2. The molecule has 1 heterocycles. The van der Waals surface area contributed by atoms with Gasteiger partial charge in [0.1, 0.15) is 4.90 Å². The predicted octanol–water partition coefficient (Wildman–Crippen LogP) is 1.23. The molecule has 0 amide bonds. The van der Waals surface area contributed by atoms with Gasteiger partial charge in [-0.05, 0) is 24.6 Å². The van der Waals surface area contributed by atoms with Crippen molar-refractivity contribution in [3.05, 3.63) is 41.7 Å². The second kappa shape index (κ2) is 4.97. The van der Waals surface area contributed by atoms with Crippen molar-refractivity contribution in [2.45, 2.75) is 11.8 Å². The zero-order valence-electron chi connectivity index (χ0n) is 10.9. The molecule has 0 unspecified atom stereocenters. The van der Waals surface area contributed by atoms with Gasteiger partial charge < -0.3 is 5.11 Å². The fourth-order valence-corrected chi connectivity index (χ4v) is 2.70. The number of aryl methyl sites for hydroxylation is 2. The van der Waals surface area contributed by atoms with Crippen molar-refractivity contribution >= 4 is 21.7 Å². The minimum atomic E-state index is -3.77. The first-order valence-electron chi connectivity index (χ1n) is 5.65. The number of rotatable bonds is 4. The van der Waals surface area contributed by atoms with Gasteiger partial charge in [0.05, 0.1) is 11.8 Å². The summed E-state index contributed by atoms with van der Waals surface area (Å²) < 4.78 is 27.8. The molecule has 2 aromatic rings. The number of anilines is 1. The van der Waals surface area contributed by atoms with Crippen molar-refractivity contribution in [3.63, 3.8) is 0 Å². The Balaban J connectivity index is 2.35. The van der Waals surface area contributed by atoms with Crippen molar-refractivity contribution in [1.82, 2.24) is 9.78 Å². The van der Waals surface area contributed by atoms with Crippen LogP contribution in [-0.4, -0.2) is 29.3 Å². The van der Waals surface area contributed by atoms with E-state index in [4.69, 9.17) is 5.11 Å². The second-order valence-corrected chi connectivity index (χ2v) is 5.97. The van der Waals surface area contributed by atoms with E-state index in [9.17, 15) is 13.2 Å². The Morgan fingerprint density at radius 1 is 1.40 bits per heavy atom. The van der Waals surface area contributed by atoms with E-state index in [0.29, 0.717) is 5.56 Å². The van der Waals surface area contributed by atoms with Crippen LogP contribution in [-0.2, 0) is 17.1 Å². The fourth-order valence-electron chi connectivity index (χ4n) is 1.67. The highest BCUT2D eigenvalue weighted by Crippen LogP contribution is 2.19. The highest BCUT2D eigenvalue weighted by Gasteiger charge is 2.17. The number of sulfonamides is 1. The third kappa shape index (κ3) is 2.80. The molecule has 20 heavy (non-hydrogen) atoms. The van der Waals surface area contributed by atoms with Crippen LogP contribution < -0.4 is 4.72 Å². The van der Waals surface area contributed by atoms with Crippen molar-refractivity contribution in [3.8, 4) is 0 Å². The summed E-state index contributed by atoms with van der Waals surface area (Å²) in [5, 5.41) is 12.8. The highest BCUT2D eigenvalue weighted by atomic mass is 32.2. The monoisotopic (exact) mass is 295 g/mol. The topological polar surface area (TPSA) is 101 Å². The van der Waals surface area contributed by atoms with E-state index < -0.39 is 16.0 Å². The lowest BCUT2D eigenvalue weighted by Crippen LogP contribution is -2.13. The zero-order valence-corrected chi connectivity index (χ0v) is 11.7. The van der Waals surface area contributed by atoms with Crippen LogP contribution in [0.3, 0.4) is 0 Å². The smallest absolute Gasteiger partial charge is 0.336 e. The number of carboxylic acid groups (broad SMARTS) is 1. The highest BCUT2D eigenvalue weighted by molar-refractivity contribution is 7.92. The maximum atomic E-state index is 12.1. The fraction of sp³-hybridized carbons (Fsp3) is 0.167. The van der Waals surface area contributed by atoms with Crippen molar-refractivity contribution in [1.29, 1.82) is 0 Å². The molecule has 0 saturated carbocycles. The summed E-state index contributed by atoms with van der Waals surface area (Å²) in [5.74, 6) is -1.11. The van der Waals surface area contributed by atoms with E-state index in [1.807, 2.05) is 0 Å². The first kappa shape index (κ1) is 14.1. The molecule has 1 aromatic heterocycles. The summed E-state index contributed by atoms with van der Waals surface area (Å²) in [5.41, 5.74) is 0.801. The number of nitrogens with one attached hydrogen (secondary N) is 1. The molecule has 106 valence electrons. The first-order valence-corrected chi connectivity index (χ1v) is 7.13. The summed E-state index contributed by atoms with van der Waals surface area (Å²) >= 11 is 0. The number of aromatic carboxylic acids is 1. The first-order chi connectivity index (χ1) is 9.29. The Hall–Kier alpha value is -2.35. The zero-order chi connectivity index (χ0) is 14.9. The van der Waals surface area contributed by atoms with Gasteiger partial charge >= 0.3 is 5.97 Å². The SMILES string of the molecule is Cc1ccc(NS(=O)(=O)c2cnn(C)c2)cc1C(=O)O. The molecule has 7 nitrogen and oxygen atoms in total. The quantitative estimate of drug-likeness (QED) is 0.883. The molecule has 0 bridgehead atoms. The van der Waals surface area contributed by atoms with Crippen molar-refractivity contribution < 1.29 is 18.3 Å². The van der Waals surface area contributed by atoms with Crippen LogP contribution in [0.1, 0.15) is 15.9 Å². The average Bonchev–Trinajstić information content (AvgIpc) is 2.78. The second-order valence-electron chi connectivity index (χ2n) is 4.29. The predicted molar refractivity (Wildman–Crippen MR) is 72.2 cm³/mol. The summed E-state index contributed by atoms with van der Waals surface area (Å²) in [6.45, 7) is 1.64. The van der Waals surface area contributed by atoms with Crippen LogP contribution in [0.15, 0.2) is 35.5 Å².